The molecule has 0 radical (unpaired) electrons. The Morgan fingerprint density at radius 1 is 1.24 bits per heavy atom. The number of ether oxygens (including phenoxy) is 1. The van der Waals surface area contributed by atoms with E-state index in [1.807, 2.05) is 29.2 Å². The van der Waals surface area contributed by atoms with Crippen LogP contribution >= 0.6 is 0 Å². The van der Waals surface area contributed by atoms with Crippen molar-refractivity contribution in [1.29, 1.82) is 0 Å². The summed E-state index contributed by atoms with van der Waals surface area (Å²) >= 11 is 0. The minimum absolute atomic E-state index is 0.146. The number of alkyl halides is 1. The fourth-order valence-electron chi connectivity index (χ4n) is 5.75. The van der Waals surface area contributed by atoms with Crippen LogP contribution in [-0.2, 0) is 16.1 Å². The average Bonchev–Trinajstić information content (AvgIpc) is 3.10. The summed E-state index contributed by atoms with van der Waals surface area (Å²) in [6.07, 6.45) is 10.4. The van der Waals surface area contributed by atoms with Gasteiger partial charge in [0, 0.05) is 12.2 Å². The number of hydrogen-bond acceptors (Lipinski definition) is 3. The third-order valence-electron chi connectivity index (χ3n) is 8.49. The number of hydrogen-bond donors (Lipinski definition) is 1. The van der Waals surface area contributed by atoms with Crippen molar-refractivity contribution in [1.82, 2.24) is 0 Å². The van der Waals surface area contributed by atoms with Gasteiger partial charge in [-0.25, -0.2) is 4.39 Å². The molecule has 0 bridgehead atoms. The molecular formula is C29H40FNO3. The molecule has 4 nitrogen and oxygen atoms in total. The molecule has 1 aromatic carbocycles. The minimum atomic E-state index is -1.85. The van der Waals surface area contributed by atoms with Gasteiger partial charge >= 0.3 is 0 Å². The Labute approximate surface area is 203 Å². The molecule has 1 saturated heterocycles. The van der Waals surface area contributed by atoms with Gasteiger partial charge < -0.3 is 14.7 Å². The van der Waals surface area contributed by atoms with Gasteiger partial charge in [-0.2, -0.15) is 0 Å². The van der Waals surface area contributed by atoms with Crippen molar-refractivity contribution >= 4 is 11.6 Å². The number of amides is 1. The number of rotatable bonds is 9. The van der Waals surface area contributed by atoms with Crippen molar-refractivity contribution in [2.45, 2.75) is 96.6 Å². The molecule has 0 aromatic heterocycles. The van der Waals surface area contributed by atoms with E-state index in [1.165, 1.54) is 18.9 Å². The Morgan fingerprint density at radius 3 is 2.47 bits per heavy atom. The van der Waals surface area contributed by atoms with Gasteiger partial charge in [-0.15, -0.1) is 0 Å². The number of nitrogens with zero attached hydrogens (tertiary/aromatic N) is 1. The molecule has 1 spiro atoms. The zero-order chi connectivity index (χ0) is 24.6. The lowest BCUT2D eigenvalue weighted by Gasteiger charge is -2.41. The molecule has 5 heteroatoms. The fraction of sp³-hybridized carbons (Fsp3) is 0.621. The first-order chi connectivity index (χ1) is 16.0. The van der Waals surface area contributed by atoms with Crippen LogP contribution in [0.1, 0.15) is 84.1 Å². The zero-order valence-corrected chi connectivity index (χ0v) is 21.0. The molecular weight excluding hydrogens is 429 g/mol. The van der Waals surface area contributed by atoms with Crippen molar-refractivity contribution in [3.63, 3.8) is 0 Å². The van der Waals surface area contributed by atoms with E-state index in [0.717, 1.165) is 49.8 Å². The van der Waals surface area contributed by atoms with Crippen molar-refractivity contribution in [3.8, 4) is 0 Å². The average molecular weight is 470 g/mol. The number of benzene rings is 1. The fourth-order valence-corrected chi connectivity index (χ4v) is 5.75. The third-order valence-corrected chi connectivity index (χ3v) is 8.49. The number of allylic oxidation sites excluding steroid dienone is 2. The Balaban J connectivity index is 1.29. The predicted molar refractivity (Wildman–Crippen MR) is 134 cm³/mol. The van der Waals surface area contributed by atoms with Gasteiger partial charge in [-0.05, 0) is 108 Å². The minimum Gasteiger partial charge on any atom is -0.390 e. The van der Waals surface area contributed by atoms with Crippen LogP contribution in [0.5, 0.6) is 0 Å². The summed E-state index contributed by atoms with van der Waals surface area (Å²) in [6.45, 7) is 9.64. The monoisotopic (exact) mass is 469 g/mol. The maximum Gasteiger partial charge on any atom is 0.233 e. The van der Waals surface area contributed by atoms with Crippen molar-refractivity contribution in [3.05, 3.63) is 53.6 Å². The zero-order valence-electron chi connectivity index (χ0n) is 21.0. The lowest BCUT2D eigenvalue weighted by Crippen LogP contribution is -2.43. The van der Waals surface area contributed by atoms with Crippen molar-refractivity contribution in [2.75, 3.05) is 11.4 Å². The first-order valence-corrected chi connectivity index (χ1v) is 12.8. The van der Waals surface area contributed by atoms with Gasteiger partial charge in [0.25, 0.3) is 0 Å². The highest BCUT2D eigenvalue weighted by molar-refractivity contribution is 6.00. The van der Waals surface area contributed by atoms with Gasteiger partial charge in [-0.3, -0.25) is 4.79 Å². The van der Waals surface area contributed by atoms with E-state index >= 15 is 0 Å². The molecule has 4 rings (SSSR count). The second-order valence-corrected chi connectivity index (χ2v) is 11.2. The van der Waals surface area contributed by atoms with E-state index in [9.17, 15) is 14.3 Å². The van der Waals surface area contributed by atoms with Crippen molar-refractivity contribution < 1.29 is 19.0 Å². The van der Waals surface area contributed by atoms with Crippen LogP contribution in [0.2, 0.25) is 0 Å². The van der Waals surface area contributed by atoms with Crippen molar-refractivity contribution in [2.24, 2.45) is 11.3 Å². The van der Waals surface area contributed by atoms with Crippen LogP contribution in [0.25, 0.3) is 0 Å². The van der Waals surface area contributed by atoms with E-state index in [0.29, 0.717) is 30.9 Å². The quantitative estimate of drug-likeness (QED) is 0.413. The highest BCUT2D eigenvalue weighted by Gasteiger charge is 2.51. The van der Waals surface area contributed by atoms with Crippen LogP contribution < -0.4 is 4.90 Å². The van der Waals surface area contributed by atoms with Gasteiger partial charge in [0.05, 0.1) is 17.6 Å². The second kappa shape index (κ2) is 9.58. The van der Waals surface area contributed by atoms with Crippen LogP contribution in [0.4, 0.5) is 10.1 Å². The van der Waals surface area contributed by atoms with E-state index in [2.05, 4.69) is 19.6 Å². The largest absolute Gasteiger partial charge is 0.390 e. The van der Waals surface area contributed by atoms with Gasteiger partial charge in [0.2, 0.25) is 11.8 Å². The summed E-state index contributed by atoms with van der Waals surface area (Å²) in [5, 5.41) is 11.1. The lowest BCUT2D eigenvalue weighted by molar-refractivity contribution is -0.131. The number of anilines is 1. The molecule has 186 valence electrons. The summed E-state index contributed by atoms with van der Waals surface area (Å²) in [5.74, 6) is -0.965. The smallest absolute Gasteiger partial charge is 0.233 e. The number of halogens is 1. The molecule has 2 aliphatic carbocycles. The first-order valence-electron chi connectivity index (χ1n) is 12.8. The Morgan fingerprint density at radius 2 is 1.88 bits per heavy atom. The first kappa shape index (κ1) is 25.1. The topological polar surface area (TPSA) is 49.8 Å². The van der Waals surface area contributed by atoms with Crippen LogP contribution in [-0.4, -0.2) is 29.0 Å². The van der Waals surface area contributed by atoms with Gasteiger partial charge in [-0.1, -0.05) is 30.4 Å². The third kappa shape index (κ3) is 5.31. The van der Waals surface area contributed by atoms with E-state index in [-0.39, 0.29) is 17.9 Å². The maximum atomic E-state index is 14.3. The summed E-state index contributed by atoms with van der Waals surface area (Å²) in [7, 11) is 0. The molecule has 1 heterocycles. The highest BCUT2D eigenvalue weighted by atomic mass is 19.2. The SMILES string of the molecule is C=C(C)C(C)(F)OCc1ccc(N2CCC3(CCC(O)(CCCC4C=C(C)C4)CC3)C2=O)cc1. The molecule has 2 fully saturated rings. The predicted octanol–water partition coefficient (Wildman–Crippen LogP) is 6.63. The molecule has 2 atom stereocenters. The maximum absolute atomic E-state index is 14.3. The second-order valence-electron chi connectivity index (χ2n) is 11.2. The molecule has 1 saturated carbocycles. The number of carbonyl (C=O) groups is 1. The van der Waals surface area contributed by atoms with Gasteiger partial charge in [0.1, 0.15) is 0 Å². The molecule has 1 aliphatic heterocycles. The number of carbonyl (C=O) groups excluding carboxylic acids is 1. The summed E-state index contributed by atoms with van der Waals surface area (Å²) in [6, 6.07) is 7.62. The standard InChI is InChI=1S/C29H40FNO3/c1-21(2)27(4,30)34-20-23-7-9-25(10-8-23)31-17-16-28(26(31)32)12-14-29(33,15-13-28)11-5-6-24-18-22(3)19-24/h7-10,18,24,33H,1,5-6,11-17,19-20H2,2-4H3. The molecule has 34 heavy (non-hydrogen) atoms. The highest BCUT2D eigenvalue weighted by Crippen LogP contribution is 2.50. The van der Waals surface area contributed by atoms with Crippen LogP contribution in [0.3, 0.4) is 0 Å². The summed E-state index contributed by atoms with van der Waals surface area (Å²) < 4.78 is 19.6. The Kier molecular flexibility index (Phi) is 7.08. The molecule has 3 aliphatic rings. The number of aliphatic hydroxyl groups is 1. The van der Waals surface area contributed by atoms with Crippen LogP contribution in [0.15, 0.2) is 48.1 Å². The molecule has 1 aromatic rings. The normalized spacial score (nSPS) is 30.7. The molecule has 2 unspecified atom stereocenters. The van der Waals surface area contributed by atoms with E-state index < -0.39 is 11.5 Å². The summed E-state index contributed by atoms with van der Waals surface area (Å²) in [5.41, 5.74) is 2.60. The van der Waals surface area contributed by atoms with E-state index in [1.54, 1.807) is 6.92 Å². The lowest BCUT2D eigenvalue weighted by atomic mass is 9.66. The van der Waals surface area contributed by atoms with Gasteiger partial charge in [0.15, 0.2) is 0 Å². The summed E-state index contributed by atoms with van der Waals surface area (Å²) in [4.78, 5) is 15.3. The van der Waals surface area contributed by atoms with Crippen LogP contribution in [0, 0.1) is 11.3 Å². The molecule has 1 amide bonds. The van der Waals surface area contributed by atoms with E-state index in [4.69, 9.17) is 4.74 Å². The Hall–Kier alpha value is -1.98. The Bertz CT molecular complexity index is 941. The molecule has 1 N–H and O–H groups in total.